The molecule has 0 saturated carbocycles. The van der Waals surface area contributed by atoms with Crippen LogP contribution in [0.15, 0.2) is 64.5 Å². The molecule has 156 valence electrons. The number of para-hydroxylation sites is 1. The van der Waals surface area contributed by atoms with Crippen molar-refractivity contribution in [2.75, 3.05) is 34.0 Å². The second-order valence-corrected chi connectivity index (χ2v) is 7.23. The molecule has 1 amide bonds. The Morgan fingerprint density at radius 3 is 2.50 bits per heavy atom. The first-order valence-corrected chi connectivity index (χ1v) is 10.1. The number of carbonyl (C=O) groups is 2. The maximum Gasteiger partial charge on any atom is 0.343 e. The standard InChI is InChI=1S/C22H22N2O5S/c1-27-13-12-24-21(26)19(30-22(24)23-17-6-4-3-5-7-17)14-16-8-10-18(11-9-16)29-15-20(25)28-2/h3-11,14H,12-13,15H2,1-2H3. The number of benzene rings is 2. The zero-order valence-corrected chi connectivity index (χ0v) is 17.6. The number of methoxy groups -OCH3 is 2. The predicted molar refractivity (Wildman–Crippen MR) is 117 cm³/mol. The normalized spacial score (nSPS) is 16.3. The van der Waals surface area contributed by atoms with E-state index >= 15 is 0 Å². The van der Waals surface area contributed by atoms with E-state index in [1.54, 1.807) is 24.1 Å². The van der Waals surface area contributed by atoms with Gasteiger partial charge in [0.05, 0.1) is 30.9 Å². The molecule has 0 bridgehead atoms. The molecule has 8 heteroatoms. The van der Waals surface area contributed by atoms with Gasteiger partial charge in [0.2, 0.25) is 0 Å². The summed E-state index contributed by atoms with van der Waals surface area (Å²) in [6, 6.07) is 16.6. The van der Waals surface area contributed by atoms with E-state index < -0.39 is 5.97 Å². The summed E-state index contributed by atoms with van der Waals surface area (Å²) in [4.78, 5) is 30.9. The largest absolute Gasteiger partial charge is 0.482 e. The summed E-state index contributed by atoms with van der Waals surface area (Å²) in [5.41, 5.74) is 1.62. The first kappa shape index (κ1) is 21.6. The van der Waals surface area contributed by atoms with Crippen molar-refractivity contribution in [1.82, 2.24) is 4.90 Å². The van der Waals surface area contributed by atoms with Gasteiger partial charge in [0, 0.05) is 7.11 Å². The number of esters is 1. The quantitative estimate of drug-likeness (QED) is 0.475. The average molecular weight is 426 g/mol. The van der Waals surface area contributed by atoms with Gasteiger partial charge in [0.15, 0.2) is 11.8 Å². The summed E-state index contributed by atoms with van der Waals surface area (Å²) >= 11 is 1.33. The minimum Gasteiger partial charge on any atom is -0.482 e. The van der Waals surface area contributed by atoms with E-state index in [-0.39, 0.29) is 12.5 Å². The van der Waals surface area contributed by atoms with Crippen LogP contribution in [0, 0.1) is 0 Å². The maximum absolute atomic E-state index is 12.9. The third-order valence-corrected chi connectivity index (χ3v) is 5.16. The molecule has 2 aromatic rings. The number of hydrogen-bond donors (Lipinski definition) is 0. The van der Waals surface area contributed by atoms with Crippen LogP contribution in [0.1, 0.15) is 5.56 Å². The van der Waals surface area contributed by atoms with E-state index in [0.29, 0.717) is 29.0 Å². The van der Waals surface area contributed by atoms with E-state index in [1.165, 1.54) is 18.9 Å². The van der Waals surface area contributed by atoms with Crippen LogP contribution in [0.4, 0.5) is 5.69 Å². The number of amides is 1. The van der Waals surface area contributed by atoms with Crippen LogP contribution in [0.3, 0.4) is 0 Å². The monoisotopic (exact) mass is 426 g/mol. The van der Waals surface area contributed by atoms with Gasteiger partial charge in [-0.1, -0.05) is 30.3 Å². The van der Waals surface area contributed by atoms with E-state index in [1.807, 2.05) is 48.5 Å². The highest BCUT2D eigenvalue weighted by molar-refractivity contribution is 8.18. The van der Waals surface area contributed by atoms with Crippen molar-refractivity contribution in [3.8, 4) is 5.75 Å². The van der Waals surface area contributed by atoms with Gasteiger partial charge in [-0.25, -0.2) is 9.79 Å². The van der Waals surface area contributed by atoms with E-state index in [0.717, 1.165) is 11.3 Å². The highest BCUT2D eigenvalue weighted by Crippen LogP contribution is 2.34. The Kier molecular flexibility index (Phi) is 7.64. The minimum atomic E-state index is -0.449. The second-order valence-electron chi connectivity index (χ2n) is 6.22. The number of carbonyl (C=O) groups excluding carboxylic acids is 2. The van der Waals surface area contributed by atoms with Crippen LogP contribution >= 0.6 is 11.8 Å². The van der Waals surface area contributed by atoms with Gasteiger partial charge in [-0.05, 0) is 47.7 Å². The number of ether oxygens (including phenoxy) is 3. The number of nitrogens with zero attached hydrogens (tertiary/aromatic N) is 2. The Balaban J connectivity index is 1.78. The van der Waals surface area contributed by atoms with Gasteiger partial charge in [-0.2, -0.15) is 0 Å². The van der Waals surface area contributed by atoms with Gasteiger partial charge in [0.1, 0.15) is 5.75 Å². The number of aliphatic imine (C=N–C) groups is 1. The molecule has 0 N–H and O–H groups in total. The summed E-state index contributed by atoms with van der Waals surface area (Å²) in [6.45, 7) is 0.685. The Morgan fingerprint density at radius 2 is 1.83 bits per heavy atom. The summed E-state index contributed by atoms with van der Waals surface area (Å²) < 4.78 is 15.0. The molecule has 30 heavy (non-hydrogen) atoms. The zero-order chi connectivity index (χ0) is 21.3. The molecular formula is C22H22N2O5S. The van der Waals surface area contributed by atoms with Crippen LogP contribution in [-0.4, -0.2) is 55.9 Å². The molecule has 1 aliphatic rings. The lowest BCUT2D eigenvalue weighted by Gasteiger charge is -2.14. The average Bonchev–Trinajstić information content (AvgIpc) is 3.06. The molecule has 0 aliphatic carbocycles. The van der Waals surface area contributed by atoms with Crippen molar-refractivity contribution in [2.45, 2.75) is 0 Å². The molecule has 0 unspecified atom stereocenters. The number of hydrogen-bond acceptors (Lipinski definition) is 7. The Morgan fingerprint density at radius 1 is 1.10 bits per heavy atom. The molecule has 0 atom stereocenters. The van der Waals surface area contributed by atoms with Gasteiger partial charge in [-0.3, -0.25) is 9.69 Å². The van der Waals surface area contributed by atoms with Gasteiger partial charge in [-0.15, -0.1) is 0 Å². The Labute approximate surface area is 179 Å². The molecule has 2 aromatic carbocycles. The van der Waals surface area contributed by atoms with Crippen LogP contribution in [0.5, 0.6) is 5.75 Å². The van der Waals surface area contributed by atoms with Crippen molar-refractivity contribution >= 4 is 40.6 Å². The molecule has 1 fully saturated rings. The second kappa shape index (κ2) is 10.6. The first-order valence-electron chi connectivity index (χ1n) is 9.24. The summed E-state index contributed by atoms with van der Waals surface area (Å²) in [6.07, 6.45) is 1.81. The highest BCUT2D eigenvalue weighted by atomic mass is 32.2. The van der Waals surface area contributed by atoms with Crippen molar-refractivity contribution < 1.29 is 23.8 Å². The molecule has 3 rings (SSSR count). The van der Waals surface area contributed by atoms with Crippen molar-refractivity contribution in [3.63, 3.8) is 0 Å². The lowest BCUT2D eigenvalue weighted by Crippen LogP contribution is -2.32. The number of rotatable bonds is 8. The lowest BCUT2D eigenvalue weighted by molar-refractivity contribution is -0.142. The van der Waals surface area contributed by atoms with Crippen molar-refractivity contribution in [1.29, 1.82) is 0 Å². The molecule has 1 aliphatic heterocycles. The molecule has 0 radical (unpaired) electrons. The zero-order valence-electron chi connectivity index (χ0n) is 16.7. The van der Waals surface area contributed by atoms with E-state index in [4.69, 9.17) is 9.47 Å². The SMILES string of the molecule is COCCN1C(=O)C(=Cc2ccc(OCC(=O)OC)cc2)SC1=Nc1ccccc1. The predicted octanol–water partition coefficient (Wildman–Crippen LogP) is 3.49. The third-order valence-electron chi connectivity index (χ3n) is 4.15. The minimum absolute atomic E-state index is 0.113. The first-order chi connectivity index (χ1) is 14.6. The van der Waals surface area contributed by atoms with Gasteiger partial charge in [0.25, 0.3) is 5.91 Å². The van der Waals surface area contributed by atoms with Crippen LogP contribution in [0.25, 0.3) is 6.08 Å². The number of thioether (sulfide) groups is 1. The van der Waals surface area contributed by atoms with Gasteiger partial charge >= 0.3 is 5.97 Å². The smallest absolute Gasteiger partial charge is 0.343 e. The van der Waals surface area contributed by atoms with Crippen molar-refractivity contribution in [2.24, 2.45) is 4.99 Å². The van der Waals surface area contributed by atoms with E-state index in [2.05, 4.69) is 9.73 Å². The van der Waals surface area contributed by atoms with Crippen LogP contribution in [0.2, 0.25) is 0 Å². The molecule has 7 nitrogen and oxygen atoms in total. The Hall–Kier alpha value is -3.10. The topological polar surface area (TPSA) is 77.4 Å². The number of amidine groups is 1. The van der Waals surface area contributed by atoms with E-state index in [9.17, 15) is 9.59 Å². The molecule has 1 heterocycles. The maximum atomic E-state index is 12.9. The fourth-order valence-corrected chi connectivity index (χ4v) is 3.62. The van der Waals surface area contributed by atoms with Crippen LogP contribution in [-0.2, 0) is 19.1 Å². The lowest BCUT2D eigenvalue weighted by atomic mass is 10.2. The molecular weight excluding hydrogens is 404 g/mol. The molecule has 0 spiro atoms. The highest BCUT2D eigenvalue weighted by Gasteiger charge is 2.33. The van der Waals surface area contributed by atoms with Crippen LogP contribution < -0.4 is 4.74 Å². The summed E-state index contributed by atoms with van der Waals surface area (Å²) in [5.74, 6) is -0.0192. The molecule has 0 aromatic heterocycles. The fourth-order valence-electron chi connectivity index (χ4n) is 2.60. The third kappa shape index (κ3) is 5.71. The summed E-state index contributed by atoms with van der Waals surface area (Å²) in [7, 11) is 2.91. The fraction of sp³-hybridized carbons (Fsp3) is 0.227. The van der Waals surface area contributed by atoms with Crippen molar-refractivity contribution in [3.05, 3.63) is 65.1 Å². The summed E-state index contributed by atoms with van der Waals surface area (Å²) in [5, 5.41) is 0.618. The Bertz CT molecular complexity index is 942. The molecule has 1 saturated heterocycles. The van der Waals surface area contributed by atoms with Gasteiger partial charge < -0.3 is 14.2 Å².